The molecule has 0 radical (unpaired) electrons. The van der Waals surface area contributed by atoms with E-state index in [-0.39, 0.29) is 17.6 Å². The van der Waals surface area contributed by atoms with E-state index in [0.717, 1.165) is 24.0 Å². The Labute approximate surface area is 220 Å². The maximum atomic E-state index is 9.51. The molecule has 0 amide bonds. The molecule has 7 nitrogen and oxygen atoms in total. The Hall–Kier alpha value is -2.87. The first-order valence-corrected chi connectivity index (χ1v) is 12.6. The smallest absolute Gasteiger partial charge is 0.245 e. The molecule has 188 valence electrons. The molecule has 36 heavy (non-hydrogen) atoms. The van der Waals surface area contributed by atoms with Gasteiger partial charge in [0.15, 0.2) is 11.2 Å². The third-order valence-corrected chi connectivity index (χ3v) is 6.81. The van der Waals surface area contributed by atoms with Crippen LogP contribution >= 0.6 is 23.2 Å². The van der Waals surface area contributed by atoms with E-state index in [2.05, 4.69) is 16.9 Å². The highest BCUT2D eigenvalue weighted by Gasteiger charge is 2.41. The fraction of sp³-hybridized carbons (Fsp3) is 0.370. The zero-order valence-corrected chi connectivity index (χ0v) is 22.0. The predicted octanol–water partition coefficient (Wildman–Crippen LogP) is 6.18. The summed E-state index contributed by atoms with van der Waals surface area (Å²) in [6.07, 6.45) is 3.47. The number of fused-ring (bicyclic) bond motifs is 1. The van der Waals surface area contributed by atoms with Gasteiger partial charge in [-0.3, -0.25) is 0 Å². The lowest BCUT2D eigenvalue weighted by molar-refractivity contribution is 0.0976. The maximum absolute atomic E-state index is 9.51. The number of benzene rings is 2. The lowest BCUT2D eigenvalue weighted by Crippen LogP contribution is -2.25. The van der Waals surface area contributed by atoms with Gasteiger partial charge >= 0.3 is 0 Å². The molecule has 2 heterocycles. The third kappa shape index (κ3) is 5.28. The fourth-order valence-corrected chi connectivity index (χ4v) is 4.23. The van der Waals surface area contributed by atoms with E-state index in [1.807, 2.05) is 54.8 Å². The van der Waals surface area contributed by atoms with Gasteiger partial charge < -0.3 is 19.1 Å². The number of halogens is 2. The van der Waals surface area contributed by atoms with Gasteiger partial charge in [-0.25, -0.2) is 9.97 Å². The number of hydrogen-bond donors (Lipinski definition) is 1. The molecule has 0 spiro atoms. The summed E-state index contributed by atoms with van der Waals surface area (Å²) in [5.74, 6) is 1.73. The van der Waals surface area contributed by atoms with Crippen LogP contribution in [0.5, 0.6) is 11.6 Å². The Kier molecular flexibility index (Phi) is 6.57. The van der Waals surface area contributed by atoms with E-state index in [1.54, 1.807) is 6.07 Å². The van der Waals surface area contributed by atoms with Crippen molar-refractivity contribution in [3.8, 4) is 23.0 Å². The van der Waals surface area contributed by atoms with Crippen molar-refractivity contribution >= 4 is 34.4 Å². The van der Waals surface area contributed by atoms with Crippen molar-refractivity contribution in [2.24, 2.45) is 5.41 Å². The van der Waals surface area contributed by atoms with Crippen molar-refractivity contribution in [2.75, 3.05) is 13.2 Å². The van der Waals surface area contributed by atoms with Crippen LogP contribution in [-0.4, -0.2) is 43.4 Å². The molecule has 5 rings (SSSR count). The Balaban J connectivity index is 1.57. The molecule has 0 bridgehead atoms. The second-order valence-electron chi connectivity index (χ2n) is 10.3. The molecule has 1 N–H and O–H groups in total. The van der Waals surface area contributed by atoms with Gasteiger partial charge in [-0.05, 0) is 55.7 Å². The highest BCUT2D eigenvalue weighted by Crippen LogP contribution is 2.41. The molecule has 1 saturated carbocycles. The van der Waals surface area contributed by atoms with Gasteiger partial charge in [0.05, 0.1) is 24.8 Å². The number of ether oxygens (including phenoxy) is 2. The number of aliphatic hydroxyl groups excluding tert-OH is 1. The molecular weight excluding hydrogens is 499 g/mol. The second kappa shape index (κ2) is 9.54. The van der Waals surface area contributed by atoms with Crippen molar-refractivity contribution < 1.29 is 14.6 Å². The Bertz CT molecular complexity index is 1420. The van der Waals surface area contributed by atoms with Crippen LogP contribution in [0.3, 0.4) is 0 Å². The molecule has 4 aromatic rings. The zero-order valence-electron chi connectivity index (χ0n) is 20.5. The molecule has 0 atom stereocenters. The van der Waals surface area contributed by atoms with Crippen LogP contribution in [-0.2, 0) is 6.54 Å². The van der Waals surface area contributed by atoms with E-state index in [1.165, 1.54) is 6.33 Å². The topological polar surface area (TPSA) is 82.3 Å². The minimum absolute atomic E-state index is 0.0246. The average Bonchev–Trinajstić information content (AvgIpc) is 3.46. The summed E-state index contributed by atoms with van der Waals surface area (Å²) < 4.78 is 14.1. The maximum Gasteiger partial charge on any atom is 0.245 e. The second-order valence-corrected chi connectivity index (χ2v) is 11.2. The Morgan fingerprint density at radius 2 is 1.92 bits per heavy atom. The first-order valence-electron chi connectivity index (χ1n) is 11.8. The van der Waals surface area contributed by atoms with Crippen molar-refractivity contribution in [3.05, 3.63) is 64.4 Å². The molecule has 1 fully saturated rings. The molecule has 1 aliphatic carbocycles. The standard InChI is InChI=1S/C27H28Cl2N4O3/c1-26(2,14-34)15-35-19-7-8-20(21(29)12-19)23-32-22-24(30-16-31-25(22)36-27(3)9-10-27)33(23)13-17-5-4-6-18(28)11-17/h4-8,11-12,16,34H,9-10,13-15H2,1-3H3. The van der Waals surface area contributed by atoms with Gasteiger partial charge in [0, 0.05) is 16.0 Å². The minimum atomic E-state index is -0.358. The summed E-state index contributed by atoms with van der Waals surface area (Å²) in [6, 6.07) is 13.2. The summed E-state index contributed by atoms with van der Waals surface area (Å²) in [7, 11) is 0. The molecule has 9 heteroatoms. The summed E-state index contributed by atoms with van der Waals surface area (Å²) in [5.41, 5.74) is 2.40. The van der Waals surface area contributed by atoms with Gasteiger partial charge in [-0.15, -0.1) is 0 Å². The van der Waals surface area contributed by atoms with Crippen LogP contribution in [0.1, 0.15) is 39.2 Å². The largest absolute Gasteiger partial charge is 0.493 e. The van der Waals surface area contributed by atoms with Crippen LogP contribution < -0.4 is 9.47 Å². The first kappa shape index (κ1) is 24.8. The molecular formula is C27H28Cl2N4O3. The molecule has 0 aliphatic heterocycles. The number of imidazole rings is 1. The number of rotatable bonds is 9. The van der Waals surface area contributed by atoms with Gasteiger partial charge in [0.25, 0.3) is 0 Å². The highest BCUT2D eigenvalue weighted by molar-refractivity contribution is 6.33. The third-order valence-electron chi connectivity index (χ3n) is 6.26. The molecule has 2 aromatic carbocycles. The summed E-state index contributed by atoms with van der Waals surface area (Å²) in [5, 5.41) is 10.7. The number of nitrogens with zero attached hydrogens (tertiary/aromatic N) is 4. The van der Waals surface area contributed by atoms with Crippen molar-refractivity contribution in [1.82, 2.24) is 19.5 Å². The molecule has 0 saturated heterocycles. The zero-order chi connectivity index (χ0) is 25.5. The molecule has 2 aromatic heterocycles. The van der Waals surface area contributed by atoms with E-state index < -0.39 is 0 Å². The monoisotopic (exact) mass is 526 g/mol. The summed E-state index contributed by atoms with van der Waals surface area (Å²) >= 11 is 13.0. The van der Waals surface area contributed by atoms with E-state index in [4.69, 9.17) is 37.7 Å². The van der Waals surface area contributed by atoms with Gasteiger partial charge in [0.1, 0.15) is 23.5 Å². The van der Waals surface area contributed by atoms with Crippen molar-refractivity contribution in [1.29, 1.82) is 0 Å². The molecule has 0 unspecified atom stereocenters. The lowest BCUT2D eigenvalue weighted by Gasteiger charge is -2.22. The summed E-state index contributed by atoms with van der Waals surface area (Å²) in [4.78, 5) is 13.9. The lowest BCUT2D eigenvalue weighted by atomic mass is 9.96. The van der Waals surface area contributed by atoms with Gasteiger partial charge in [0.2, 0.25) is 5.88 Å². The van der Waals surface area contributed by atoms with E-state index >= 15 is 0 Å². The quantitative estimate of drug-likeness (QED) is 0.280. The minimum Gasteiger partial charge on any atom is -0.493 e. The Morgan fingerprint density at radius 3 is 2.61 bits per heavy atom. The van der Waals surface area contributed by atoms with Crippen LogP contribution in [0.15, 0.2) is 48.8 Å². The number of aliphatic hydroxyl groups is 1. The fourth-order valence-electron chi connectivity index (χ4n) is 3.77. The normalized spacial score (nSPS) is 14.7. The Morgan fingerprint density at radius 1 is 1.11 bits per heavy atom. The van der Waals surface area contributed by atoms with Gasteiger partial charge in [-0.2, -0.15) is 4.98 Å². The van der Waals surface area contributed by atoms with Crippen LogP contribution in [0.25, 0.3) is 22.6 Å². The predicted molar refractivity (Wildman–Crippen MR) is 141 cm³/mol. The summed E-state index contributed by atoms with van der Waals surface area (Å²) in [6.45, 7) is 6.81. The molecule has 1 aliphatic rings. The van der Waals surface area contributed by atoms with Gasteiger partial charge in [-0.1, -0.05) is 49.2 Å². The van der Waals surface area contributed by atoms with Crippen molar-refractivity contribution in [2.45, 2.75) is 45.8 Å². The van der Waals surface area contributed by atoms with Crippen molar-refractivity contribution in [3.63, 3.8) is 0 Å². The van der Waals surface area contributed by atoms with Crippen LogP contribution in [0, 0.1) is 5.41 Å². The first-order chi connectivity index (χ1) is 17.2. The average molecular weight is 527 g/mol. The van der Waals surface area contributed by atoms with E-state index in [9.17, 15) is 5.11 Å². The number of aromatic nitrogens is 4. The number of hydrogen-bond acceptors (Lipinski definition) is 6. The van der Waals surface area contributed by atoms with Crippen LogP contribution in [0.2, 0.25) is 10.0 Å². The van der Waals surface area contributed by atoms with E-state index in [0.29, 0.717) is 51.8 Å². The SMILES string of the molecule is CC(C)(CO)COc1ccc(-c2nc3c(OC4(C)CC4)ncnc3n2Cc2cccc(Cl)c2)c(Cl)c1. The highest BCUT2D eigenvalue weighted by atomic mass is 35.5. The van der Waals surface area contributed by atoms with Crippen LogP contribution in [0.4, 0.5) is 0 Å².